The van der Waals surface area contributed by atoms with Crippen LogP contribution in [0.2, 0.25) is 0 Å². The molecule has 0 aromatic heterocycles. The molecule has 0 heterocycles. The fourth-order valence-electron chi connectivity index (χ4n) is 2.61. The molecule has 20 heavy (non-hydrogen) atoms. The second kappa shape index (κ2) is 6.03. The van der Waals surface area contributed by atoms with Crippen LogP contribution in [0, 0.1) is 17.7 Å². The van der Waals surface area contributed by atoms with Crippen molar-refractivity contribution in [2.24, 2.45) is 11.8 Å². The minimum atomic E-state index is -0.827. The molecule has 1 aromatic carbocycles. The summed E-state index contributed by atoms with van der Waals surface area (Å²) in [6.45, 7) is 1.83. The largest absolute Gasteiger partial charge is 0.481 e. The quantitative estimate of drug-likeness (QED) is 0.890. The smallest absolute Gasteiger partial charge is 0.306 e. The molecule has 1 amide bonds. The highest BCUT2D eigenvalue weighted by molar-refractivity contribution is 5.81. The maximum atomic E-state index is 12.8. The van der Waals surface area contributed by atoms with E-state index in [1.807, 2.05) is 6.92 Å². The van der Waals surface area contributed by atoms with Crippen molar-refractivity contribution in [1.29, 1.82) is 0 Å². The average molecular weight is 279 g/mol. The van der Waals surface area contributed by atoms with Crippen LogP contribution in [0.1, 0.15) is 37.8 Å². The number of halogens is 1. The predicted octanol–water partition coefficient (Wildman–Crippen LogP) is 2.50. The van der Waals surface area contributed by atoms with E-state index >= 15 is 0 Å². The molecule has 1 fully saturated rings. The minimum Gasteiger partial charge on any atom is -0.481 e. The molecule has 4 nitrogen and oxygen atoms in total. The molecule has 0 aliphatic heterocycles. The summed E-state index contributed by atoms with van der Waals surface area (Å²) >= 11 is 0. The van der Waals surface area contributed by atoms with Gasteiger partial charge in [-0.05, 0) is 43.9 Å². The van der Waals surface area contributed by atoms with Crippen molar-refractivity contribution in [3.05, 3.63) is 35.6 Å². The number of carboxylic acid groups (broad SMARTS) is 1. The normalized spacial score (nSPS) is 23.3. The standard InChI is InChI=1S/C15H18FNO3/c1-9(10-4-6-13(16)7-5-10)17-14(18)11-2-3-12(8-11)15(19)20/h4-7,9,11-12H,2-3,8H2,1H3,(H,17,18)(H,19,20)/t9-,11+,12-/m0/s1. The number of nitrogens with one attached hydrogen (secondary N) is 1. The van der Waals surface area contributed by atoms with Crippen molar-refractivity contribution < 1.29 is 19.1 Å². The van der Waals surface area contributed by atoms with Gasteiger partial charge >= 0.3 is 5.97 Å². The molecule has 2 rings (SSSR count). The van der Waals surface area contributed by atoms with Crippen LogP contribution in [0.25, 0.3) is 0 Å². The third kappa shape index (κ3) is 3.35. The van der Waals surface area contributed by atoms with Crippen molar-refractivity contribution in [1.82, 2.24) is 5.32 Å². The van der Waals surface area contributed by atoms with Gasteiger partial charge in [0.2, 0.25) is 5.91 Å². The van der Waals surface area contributed by atoms with Crippen LogP contribution in [0.5, 0.6) is 0 Å². The Balaban J connectivity index is 1.91. The van der Waals surface area contributed by atoms with Gasteiger partial charge in [-0.2, -0.15) is 0 Å². The lowest BCUT2D eigenvalue weighted by Gasteiger charge is -2.17. The predicted molar refractivity (Wildman–Crippen MR) is 71.4 cm³/mol. The number of hydrogen-bond acceptors (Lipinski definition) is 2. The number of aliphatic carboxylic acids is 1. The summed E-state index contributed by atoms with van der Waals surface area (Å²) in [5.41, 5.74) is 0.826. The van der Waals surface area contributed by atoms with Crippen LogP contribution < -0.4 is 5.32 Å². The van der Waals surface area contributed by atoms with E-state index in [-0.39, 0.29) is 23.7 Å². The molecule has 1 aliphatic rings. The van der Waals surface area contributed by atoms with Crippen molar-refractivity contribution in [3.8, 4) is 0 Å². The van der Waals surface area contributed by atoms with Gasteiger partial charge in [-0.1, -0.05) is 12.1 Å². The lowest BCUT2D eigenvalue weighted by Crippen LogP contribution is -2.32. The number of benzene rings is 1. The van der Waals surface area contributed by atoms with Gasteiger partial charge in [0.15, 0.2) is 0 Å². The molecule has 0 saturated heterocycles. The van der Waals surface area contributed by atoms with Gasteiger partial charge in [0, 0.05) is 5.92 Å². The SMILES string of the molecule is C[C@H](NC(=O)[C@@H]1CC[C@H](C(=O)O)C1)c1ccc(F)cc1. The number of carboxylic acids is 1. The number of amides is 1. The molecule has 108 valence electrons. The molecule has 0 bridgehead atoms. The monoisotopic (exact) mass is 279 g/mol. The lowest BCUT2D eigenvalue weighted by atomic mass is 10.0. The molecular weight excluding hydrogens is 261 g/mol. The maximum absolute atomic E-state index is 12.8. The van der Waals surface area contributed by atoms with Crippen LogP contribution in [0.15, 0.2) is 24.3 Å². The van der Waals surface area contributed by atoms with Crippen LogP contribution in [0.4, 0.5) is 4.39 Å². The minimum absolute atomic E-state index is 0.120. The first-order chi connectivity index (χ1) is 9.47. The summed E-state index contributed by atoms with van der Waals surface area (Å²) in [5.74, 6) is -1.91. The Bertz CT molecular complexity index is 500. The van der Waals surface area contributed by atoms with Crippen molar-refractivity contribution in [3.63, 3.8) is 0 Å². The molecule has 5 heteroatoms. The zero-order valence-corrected chi connectivity index (χ0v) is 11.3. The van der Waals surface area contributed by atoms with Crippen LogP contribution >= 0.6 is 0 Å². The first kappa shape index (κ1) is 14.5. The van der Waals surface area contributed by atoms with Gasteiger partial charge in [-0.25, -0.2) is 4.39 Å². The van der Waals surface area contributed by atoms with Gasteiger partial charge in [0.1, 0.15) is 5.82 Å². The Hall–Kier alpha value is -1.91. The summed E-state index contributed by atoms with van der Waals surface area (Å²) in [6.07, 6.45) is 1.56. The topological polar surface area (TPSA) is 66.4 Å². The second-order valence-corrected chi connectivity index (χ2v) is 5.33. The van der Waals surface area contributed by atoms with Crippen LogP contribution in [-0.2, 0) is 9.59 Å². The highest BCUT2D eigenvalue weighted by atomic mass is 19.1. The van der Waals surface area contributed by atoms with Gasteiger partial charge in [0.05, 0.1) is 12.0 Å². The van der Waals surface area contributed by atoms with E-state index in [1.54, 1.807) is 12.1 Å². The van der Waals surface area contributed by atoms with Crippen molar-refractivity contribution in [2.75, 3.05) is 0 Å². The van der Waals surface area contributed by atoms with E-state index in [2.05, 4.69) is 5.32 Å². The van der Waals surface area contributed by atoms with E-state index in [1.165, 1.54) is 12.1 Å². The Kier molecular flexibility index (Phi) is 4.37. The summed E-state index contributed by atoms with van der Waals surface area (Å²) in [7, 11) is 0. The Labute approximate surface area is 117 Å². The molecular formula is C15H18FNO3. The fourth-order valence-corrected chi connectivity index (χ4v) is 2.61. The van der Waals surface area contributed by atoms with Crippen LogP contribution in [0.3, 0.4) is 0 Å². The second-order valence-electron chi connectivity index (χ2n) is 5.33. The average Bonchev–Trinajstić information content (AvgIpc) is 2.89. The summed E-state index contributed by atoms with van der Waals surface area (Å²) in [4.78, 5) is 23.0. The number of rotatable bonds is 4. The van der Waals surface area contributed by atoms with Gasteiger partial charge in [0.25, 0.3) is 0 Å². The molecule has 3 atom stereocenters. The fraction of sp³-hybridized carbons (Fsp3) is 0.467. The number of carbonyl (C=O) groups excluding carboxylic acids is 1. The molecule has 1 aliphatic carbocycles. The Morgan fingerprint density at radius 3 is 2.40 bits per heavy atom. The highest BCUT2D eigenvalue weighted by Crippen LogP contribution is 2.31. The molecule has 0 unspecified atom stereocenters. The zero-order chi connectivity index (χ0) is 14.7. The summed E-state index contributed by atoms with van der Waals surface area (Å²) in [5, 5.41) is 11.8. The molecule has 1 aromatic rings. The van der Waals surface area contributed by atoms with Crippen molar-refractivity contribution >= 4 is 11.9 Å². The van der Waals surface area contributed by atoms with Crippen molar-refractivity contribution in [2.45, 2.75) is 32.2 Å². The zero-order valence-electron chi connectivity index (χ0n) is 11.3. The molecule has 0 spiro atoms. The molecule has 0 radical (unpaired) electrons. The first-order valence-corrected chi connectivity index (χ1v) is 6.76. The maximum Gasteiger partial charge on any atom is 0.306 e. The Morgan fingerprint density at radius 2 is 1.85 bits per heavy atom. The Morgan fingerprint density at radius 1 is 1.25 bits per heavy atom. The molecule has 1 saturated carbocycles. The summed E-state index contributed by atoms with van der Waals surface area (Å²) in [6, 6.07) is 5.76. The van der Waals surface area contributed by atoms with Gasteiger partial charge in [-0.15, -0.1) is 0 Å². The lowest BCUT2D eigenvalue weighted by molar-refractivity contribution is -0.141. The van der Waals surface area contributed by atoms with E-state index in [0.717, 1.165) is 5.56 Å². The molecule has 2 N–H and O–H groups in total. The number of hydrogen-bond donors (Lipinski definition) is 2. The number of carbonyl (C=O) groups is 2. The third-order valence-corrected chi connectivity index (χ3v) is 3.88. The van der Waals surface area contributed by atoms with E-state index in [9.17, 15) is 14.0 Å². The third-order valence-electron chi connectivity index (χ3n) is 3.88. The van der Waals surface area contributed by atoms with E-state index in [4.69, 9.17) is 5.11 Å². The highest BCUT2D eigenvalue weighted by Gasteiger charge is 2.34. The van der Waals surface area contributed by atoms with Gasteiger partial charge in [-0.3, -0.25) is 9.59 Å². The van der Waals surface area contributed by atoms with E-state index < -0.39 is 11.9 Å². The summed E-state index contributed by atoms with van der Waals surface area (Å²) < 4.78 is 12.8. The van der Waals surface area contributed by atoms with E-state index in [0.29, 0.717) is 19.3 Å². The van der Waals surface area contributed by atoms with Gasteiger partial charge < -0.3 is 10.4 Å². The van der Waals surface area contributed by atoms with Crippen LogP contribution in [-0.4, -0.2) is 17.0 Å². The first-order valence-electron chi connectivity index (χ1n) is 6.76.